The van der Waals surface area contributed by atoms with Crippen LogP contribution in [0.3, 0.4) is 0 Å². The Hall–Kier alpha value is -0.990. The van der Waals surface area contributed by atoms with Gasteiger partial charge in [0.25, 0.3) is 10.0 Å². The maximum absolute atomic E-state index is 11.5. The van der Waals surface area contributed by atoms with Crippen LogP contribution in [-0.4, -0.2) is 23.0 Å². The van der Waals surface area contributed by atoms with Crippen LogP contribution in [0.5, 0.6) is 0 Å². The third-order valence-electron chi connectivity index (χ3n) is 2.34. The van der Waals surface area contributed by atoms with Crippen molar-refractivity contribution in [2.45, 2.75) is 25.3 Å². The summed E-state index contributed by atoms with van der Waals surface area (Å²) in [5.41, 5.74) is 1.24. The normalized spacial score (nSPS) is 12.5. The summed E-state index contributed by atoms with van der Waals surface area (Å²) in [5, 5.41) is 9.31. The molecule has 0 aromatic carbocycles. The van der Waals surface area contributed by atoms with Crippen molar-refractivity contribution in [1.82, 2.24) is 14.6 Å². The molecule has 2 rings (SSSR count). The molecule has 0 radical (unpaired) electrons. The van der Waals surface area contributed by atoms with Crippen LogP contribution >= 0.6 is 15.9 Å². The fourth-order valence-corrected chi connectivity index (χ4v) is 3.37. The van der Waals surface area contributed by atoms with Crippen molar-refractivity contribution < 1.29 is 8.42 Å². The molecular weight excluding hydrogens is 320 g/mol. The van der Waals surface area contributed by atoms with Crippen LogP contribution in [0.25, 0.3) is 5.65 Å². The van der Waals surface area contributed by atoms with E-state index in [1.807, 2.05) is 6.07 Å². The standard InChI is InChI=1S/C10H13BrN4O2S/c1-6(2)5-7-3-4-8-13-9(11)10(15(8)14-7)18(12,16)17/h3-4,6H,5H2,1-2H3,(H2,12,16,17). The molecule has 0 aliphatic rings. The largest absolute Gasteiger partial charge is 0.258 e. The molecule has 2 N–H and O–H groups in total. The highest BCUT2D eigenvalue weighted by Gasteiger charge is 2.21. The smallest absolute Gasteiger partial charge is 0.223 e. The van der Waals surface area contributed by atoms with Gasteiger partial charge in [0.1, 0.15) is 4.60 Å². The summed E-state index contributed by atoms with van der Waals surface area (Å²) in [5.74, 6) is 0.430. The van der Waals surface area contributed by atoms with Crippen LogP contribution in [0.2, 0.25) is 0 Å². The molecule has 98 valence electrons. The topological polar surface area (TPSA) is 90.3 Å². The summed E-state index contributed by atoms with van der Waals surface area (Å²) < 4.78 is 24.5. The fraction of sp³-hybridized carbons (Fsp3) is 0.400. The van der Waals surface area contributed by atoms with E-state index < -0.39 is 10.0 Å². The van der Waals surface area contributed by atoms with Crippen molar-refractivity contribution in [2.24, 2.45) is 11.1 Å². The zero-order valence-electron chi connectivity index (χ0n) is 9.96. The molecule has 0 saturated carbocycles. The summed E-state index contributed by atoms with van der Waals surface area (Å²) in [6.07, 6.45) is 0.760. The van der Waals surface area contributed by atoms with E-state index in [-0.39, 0.29) is 9.63 Å². The number of hydrogen-bond acceptors (Lipinski definition) is 4. The van der Waals surface area contributed by atoms with E-state index in [0.717, 1.165) is 12.1 Å². The van der Waals surface area contributed by atoms with Gasteiger partial charge in [-0.05, 0) is 40.4 Å². The van der Waals surface area contributed by atoms with Crippen molar-refractivity contribution in [3.05, 3.63) is 22.4 Å². The summed E-state index contributed by atoms with van der Waals surface area (Å²) in [7, 11) is -3.87. The molecular formula is C10H13BrN4O2S. The molecule has 0 spiro atoms. The van der Waals surface area contributed by atoms with E-state index in [4.69, 9.17) is 5.14 Å². The lowest BCUT2D eigenvalue weighted by Crippen LogP contribution is -2.16. The van der Waals surface area contributed by atoms with Gasteiger partial charge in [-0.15, -0.1) is 0 Å². The Morgan fingerprint density at radius 2 is 2.11 bits per heavy atom. The number of imidazole rings is 1. The molecule has 18 heavy (non-hydrogen) atoms. The first-order valence-corrected chi connectivity index (χ1v) is 7.70. The van der Waals surface area contributed by atoms with E-state index in [1.54, 1.807) is 6.07 Å². The van der Waals surface area contributed by atoms with Gasteiger partial charge in [-0.2, -0.15) is 9.61 Å². The Morgan fingerprint density at radius 1 is 1.44 bits per heavy atom. The number of nitrogens with two attached hydrogens (primary N) is 1. The molecule has 0 atom stereocenters. The van der Waals surface area contributed by atoms with E-state index in [1.165, 1.54) is 4.52 Å². The molecule has 0 unspecified atom stereocenters. The Kier molecular flexibility index (Phi) is 3.43. The molecule has 0 saturated heterocycles. The number of nitrogens with zero attached hydrogens (tertiary/aromatic N) is 3. The van der Waals surface area contributed by atoms with E-state index >= 15 is 0 Å². The zero-order valence-corrected chi connectivity index (χ0v) is 12.4. The number of primary sulfonamides is 1. The van der Waals surface area contributed by atoms with Crippen molar-refractivity contribution in [3.63, 3.8) is 0 Å². The fourth-order valence-electron chi connectivity index (χ4n) is 1.69. The summed E-state index contributed by atoms with van der Waals surface area (Å²) in [4.78, 5) is 4.06. The zero-order chi connectivity index (χ0) is 13.5. The second kappa shape index (κ2) is 4.60. The number of hydrogen-bond donors (Lipinski definition) is 1. The average Bonchev–Trinajstić information content (AvgIpc) is 2.51. The average molecular weight is 333 g/mol. The highest BCUT2D eigenvalue weighted by Crippen LogP contribution is 2.21. The Labute approximate surface area is 113 Å². The van der Waals surface area contributed by atoms with Crippen molar-refractivity contribution in [1.29, 1.82) is 0 Å². The number of rotatable bonds is 3. The minimum Gasteiger partial charge on any atom is -0.223 e. The van der Waals surface area contributed by atoms with Gasteiger partial charge < -0.3 is 0 Å². The Balaban J connectivity index is 2.67. The number of fused-ring (bicyclic) bond motifs is 1. The lowest BCUT2D eigenvalue weighted by molar-refractivity contribution is 0.585. The molecule has 2 heterocycles. The maximum atomic E-state index is 11.5. The number of halogens is 1. The minimum atomic E-state index is -3.87. The number of sulfonamides is 1. The van der Waals surface area contributed by atoms with E-state index in [2.05, 4.69) is 39.9 Å². The highest BCUT2D eigenvalue weighted by atomic mass is 79.9. The predicted octanol–water partition coefficient (Wildman–Crippen LogP) is 1.34. The monoisotopic (exact) mass is 332 g/mol. The first-order chi connectivity index (χ1) is 8.29. The SMILES string of the molecule is CC(C)Cc1ccc2nc(Br)c(S(N)(=O)=O)n2n1. The molecule has 0 aliphatic carbocycles. The summed E-state index contributed by atoms with van der Waals surface area (Å²) in [6, 6.07) is 3.56. The van der Waals surface area contributed by atoms with Crippen LogP contribution in [0.15, 0.2) is 21.8 Å². The van der Waals surface area contributed by atoms with Gasteiger partial charge in [0.05, 0.1) is 5.69 Å². The van der Waals surface area contributed by atoms with Gasteiger partial charge in [0.2, 0.25) is 5.03 Å². The first-order valence-electron chi connectivity index (χ1n) is 5.36. The van der Waals surface area contributed by atoms with E-state index in [9.17, 15) is 8.42 Å². The quantitative estimate of drug-likeness (QED) is 0.918. The third-order valence-corrected chi connectivity index (χ3v) is 4.06. The van der Waals surface area contributed by atoms with Crippen LogP contribution in [0, 0.1) is 5.92 Å². The molecule has 0 amide bonds. The van der Waals surface area contributed by atoms with Crippen molar-refractivity contribution in [2.75, 3.05) is 0 Å². The van der Waals surface area contributed by atoms with Crippen molar-refractivity contribution in [3.8, 4) is 0 Å². The molecule has 6 nitrogen and oxygen atoms in total. The first kappa shape index (κ1) is 13.4. The van der Waals surface area contributed by atoms with E-state index in [0.29, 0.717) is 11.6 Å². The van der Waals surface area contributed by atoms with Crippen molar-refractivity contribution >= 4 is 31.6 Å². The molecule has 0 aliphatic heterocycles. The lowest BCUT2D eigenvalue weighted by Gasteiger charge is -2.05. The second-order valence-electron chi connectivity index (χ2n) is 4.45. The summed E-state index contributed by atoms with van der Waals surface area (Å²) in [6.45, 7) is 4.13. The minimum absolute atomic E-state index is 0.122. The van der Waals surface area contributed by atoms with Gasteiger partial charge in [0.15, 0.2) is 5.65 Å². The second-order valence-corrected chi connectivity index (χ2v) is 6.67. The van der Waals surface area contributed by atoms with Crippen LogP contribution in [0.4, 0.5) is 0 Å². The molecule has 8 heteroatoms. The highest BCUT2D eigenvalue weighted by molar-refractivity contribution is 9.10. The molecule has 0 fully saturated rings. The van der Waals surface area contributed by atoms with Crippen LogP contribution in [-0.2, 0) is 16.4 Å². The van der Waals surface area contributed by atoms with Gasteiger partial charge in [0, 0.05) is 0 Å². The Morgan fingerprint density at radius 3 is 2.67 bits per heavy atom. The maximum Gasteiger partial charge on any atom is 0.258 e. The molecule has 2 aromatic heterocycles. The van der Waals surface area contributed by atoms with Gasteiger partial charge in [-0.1, -0.05) is 13.8 Å². The van der Waals surface area contributed by atoms with Gasteiger partial charge in [-0.3, -0.25) is 0 Å². The third kappa shape index (κ3) is 2.55. The lowest BCUT2D eigenvalue weighted by atomic mass is 10.1. The molecule has 0 bridgehead atoms. The molecule has 2 aromatic rings. The van der Waals surface area contributed by atoms with Gasteiger partial charge >= 0.3 is 0 Å². The van der Waals surface area contributed by atoms with Crippen LogP contribution in [0.1, 0.15) is 19.5 Å². The predicted molar refractivity (Wildman–Crippen MR) is 70.6 cm³/mol. The van der Waals surface area contributed by atoms with Crippen LogP contribution < -0.4 is 5.14 Å². The van der Waals surface area contributed by atoms with Gasteiger partial charge in [-0.25, -0.2) is 18.5 Å². The number of aromatic nitrogens is 3. The summed E-state index contributed by atoms with van der Waals surface area (Å²) >= 11 is 3.09. The Bertz CT molecular complexity index is 693.